The standard InChI is InChI=1S/C24H24N8O/c25-32-16-26-14-18-13-17(1-6-22(18)32)21-15-31-8-7-27-24(31)23(29-21)28-19-2-4-20(5-3-19)30-9-11-33-12-10-30/h1-8,13,15-16H,9-12,14,25H2,(H,28,29). The lowest BCUT2D eigenvalue weighted by molar-refractivity contribution is 0.122. The summed E-state index contributed by atoms with van der Waals surface area (Å²) in [6.07, 6.45) is 7.34. The van der Waals surface area contributed by atoms with Crippen LogP contribution in [-0.4, -0.2) is 47.0 Å². The molecule has 0 amide bonds. The molecule has 1 fully saturated rings. The third kappa shape index (κ3) is 3.77. The van der Waals surface area contributed by atoms with Crippen molar-refractivity contribution in [2.24, 2.45) is 10.8 Å². The summed E-state index contributed by atoms with van der Waals surface area (Å²) >= 11 is 0. The molecule has 33 heavy (non-hydrogen) atoms. The van der Waals surface area contributed by atoms with Gasteiger partial charge in [0.05, 0.1) is 31.1 Å². The molecule has 3 N–H and O–H groups in total. The Kier molecular flexibility index (Phi) is 4.89. The number of hydrogen-bond acceptors (Lipinski definition) is 8. The molecule has 2 aromatic carbocycles. The Bertz CT molecular complexity index is 1320. The second-order valence-corrected chi connectivity index (χ2v) is 8.11. The third-order valence-corrected chi connectivity index (χ3v) is 6.00. The Morgan fingerprint density at radius 2 is 1.88 bits per heavy atom. The Morgan fingerprint density at radius 3 is 2.73 bits per heavy atom. The molecule has 4 aromatic rings. The van der Waals surface area contributed by atoms with Crippen molar-refractivity contribution in [3.05, 3.63) is 66.6 Å². The van der Waals surface area contributed by atoms with Crippen LogP contribution < -0.4 is 21.1 Å². The van der Waals surface area contributed by atoms with E-state index < -0.39 is 0 Å². The smallest absolute Gasteiger partial charge is 0.180 e. The molecule has 0 spiro atoms. The van der Waals surface area contributed by atoms with Gasteiger partial charge in [0, 0.05) is 48.6 Å². The van der Waals surface area contributed by atoms with Gasteiger partial charge in [-0.3, -0.25) is 10.0 Å². The number of fused-ring (bicyclic) bond motifs is 2. The van der Waals surface area contributed by atoms with Gasteiger partial charge in [0.2, 0.25) is 0 Å². The van der Waals surface area contributed by atoms with Crippen LogP contribution in [0, 0.1) is 0 Å². The van der Waals surface area contributed by atoms with Gasteiger partial charge in [-0.25, -0.2) is 15.8 Å². The Labute approximate surface area is 191 Å². The average Bonchev–Trinajstić information content (AvgIpc) is 3.34. The number of morpholine rings is 1. The second kappa shape index (κ2) is 8.19. The summed E-state index contributed by atoms with van der Waals surface area (Å²) in [7, 11) is 0. The summed E-state index contributed by atoms with van der Waals surface area (Å²) in [4.78, 5) is 16.1. The lowest BCUT2D eigenvalue weighted by Gasteiger charge is -2.28. The van der Waals surface area contributed by atoms with Gasteiger partial charge in [0.25, 0.3) is 0 Å². The molecule has 166 valence electrons. The van der Waals surface area contributed by atoms with E-state index in [1.165, 1.54) is 5.69 Å². The highest BCUT2D eigenvalue weighted by Crippen LogP contribution is 2.30. The van der Waals surface area contributed by atoms with E-state index in [-0.39, 0.29) is 0 Å². The van der Waals surface area contributed by atoms with Crippen LogP contribution in [0.3, 0.4) is 0 Å². The van der Waals surface area contributed by atoms with Crippen LogP contribution in [0.1, 0.15) is 5.56 Å². The van der Waals surface area contributed by atoms with Crippen LogP contribution in [0.4, 0.5) is 22.9 Å². The average molecular weight is 441 g/mol. The number of hydrazine groups is 1. The highest BCUT2D eigenvalue weighted by atomic mass is 16.5. The van der Waals surface area contributed by atoms with Gasteiger partial charge in [-0.05, 0) is 42.0 Å². The lowest BCUT2D eigenvalue weighted by Crippen LogP contribution is -2.36. The summed E-state index contributed by atoms with van der Waals surface area (Å²) in [5.74, 6) is 6.70. The van der Waals surface area contributed by atoms with Crippen molar-refractivity contribution in [3.63, 3.8) is 0 Å². The summed E-state index contributed by atoms with van der Waals surface area (Å²) in [6, 6.07) is 14.5. The number of nitrogens with one attached hydrogen (secondary N) is 1. The first kappa shape index (κ1) is 19.7. The topological polar surface area (TPSA) is 96.3 Å². The van der Waals surface area contributed by atoms with E-state index in [9.17, 15) is 0 Å². The molecule has 0 bridgehead atoms. The number of anilines is 4. The quantitative estimate of drug-likeness (QED) is 0.471. The minimum atomic E-state index is 0.602. The number of hydrogen-bond donors (Lipinski definition) is 2. The second-order valence-electron chi connectivity index (χ2n) is 8.11. The molecule has 0 saturated carbocycles. The molecule has 2 aromatic heterocycles. The normalized spacial score (nSPS) is 15.7. The molecular weight excluding hydrogens is 416 g/mol. The van der Waals surface area contributed by atoms with E-state index in [1.807, 2.05) is 28.9 Å². The van der Waals surface area contributed by atoms with Crippen LogP contribution in [0.15, 0.2) is 66.0 Å². The first-order valence-corrected chi connectivity index (χ1v) is 11.0. The van der Waals surface area contributed by atoms with Crippen LogP contribution in [-0.2, 0) is 11.3 Å². The van der Waals surface area contributed by atoms with Gasteiger partial charge in [0.1, 0.15) is 6.34 Å². The summed E-state index contributed by atoms with van der Waals surface area (Å²) < 4.78 is 7.44. The molecule has 9 nitrogen and oxygen atoms in total. The number of ether oxygens (including phenoxy) is 1. The molecule has 0 atom stereocenters. The monoisotopic (exact) mass is 440 g/mol. The minimum Gasteiger partial charge on any atom is -0.378 e. The van der Waals surface area contributed by atoms with E-state index in [1.54, 1.807) is 17.5 Å². The molecule has 2 aliphatic rings. The predicted molar refractivity (Wildman–Crippen MR) is 130 cm³/mol. The largest absolute Gasteiger partial charge is 0.378 e. The van der Waals surface area contributed by atoms with E-state index in [2.05, 4.69) is 50.5 Å². The first-order chi connectivity index (χ1) is 16.2. The summed E-state index contributed by atoms with van der Waals surface area (Å²) in [5, 5.41) is 5.00. The fourth-order valence-electron chi connectivity index (χ4n) is 4.28. The molecule has 9 heteroatoms. The number of nitrogens with two attached hydrogens (primary N) is 1. The SMILES string of the molecule is NN1C=NCc2cc(-c3cn4ccnc4c(Nc4ccc(N5CCOCC5)cc4)n3)ccc21. The molecule has 0 aliphatic carbocycles. The van der Waals surface area contributed by atoms with Crippen molar-refractivity contribution >= 4 is 34.9 Å². The van der Waals surface area contributed by atoms with Gasteiger partial charge in [0.15, 0.2) is 11.5 Å². The minimum absolute atomic E-state index is 0.602. The molecule has 4 heterocycles. The Hall–Kier alpha value is -3.95. The molecule has 2 aliphatic heterocycles. The fraction of sp³-hybridized carbons (Fsp3) is 0.208. The third-order valence-electron chi connectivity index (χ3n) is 6.00. The highest BCUT2D eigenvalue weighted by molar-refractivity contribution is 5.83. The molecule has 6 rings (SSSR count). The van der Waals surface area contributed by atoms with Gasteiger partial charge < -0.3 is 19.4 Å². The van der Waals surface area contributed by atoms with E-state index in [0.717, 1.165) is 60.1 Å². The highest BCUT2D eigenvalue weighted by Gasteiger charge is 2.15. The molecular formula is C24H24N8O. The summed E-state index contributed by atoms with van der Waals surface area (Å²) in [5.41, 5.74) is 6.79. The van der Waals surface area contributed by atoms with Crippen molar-refractivity contribution in [3.8, 4) is 11.3 Å². The van der Waals surface area contributed by atoms with Crippen molar-refractivity contribution in [2.75, 3.05) is 41.5 Å². The number of aliphatic imine (C=N–C) groups is 1. The maximum Gasteiger partial charge on any atom is 0.180 e. The first-order valence-electron chi connectivity index (χ1n) is 11.0. The fourth-order valence-corrected chi connectivity index (χ4v) is 4.28. The van der Waals surface area contributed by atoms with Crippen LogP contribution in [0.2, 0.25) is 0 Å². The van der Waals surface area contributed by atoms with Crippen LogP contribution in [0.25, 0.3) is 16.9 Å². The van der Waals surface area contributed by atoms with Gasteiger partial charge >= 0.3 is 0 Å². The maximum atomic E-state index is 6.00. The van der Waals surface area contributed by atoms with Crippen molar-refractivity contribution < 1.29 is 4.74 Å². The summed E-state index contributed by atoms with van der Waals surface area (Å²) in [6.45, 7) is 3.98. The zero-order valence-electron chi connectivity index (χ0n) is 18.1. The molecule has 1 saturated heterocycles. The Balaban J connectivity index is 1.32. The molecule has 0 unspecified atom stereocenters. The van der Waals surface area contributed by atoms with Crippen LogP contribution in [0.5, 0.6) is 0 Å². The lowest BCUT2D eigenvalue weighted by atomic mass is 10.1. The zero-order chi connectivity index (χ0) is 22.2. The van der Waals surface area contributed by atoms with Crippen molar-refractivity contribution in [2.45, 2.75) is 6.54 Å². The predicted octanol–water partition coefficient (Wildman–Crippen LogP) is 3.20. The van der Waals surface area contributed by atoms with Crippen LogP contribution >= 0.6 is 0 Å². The molecule has 0 radical (unpaired) electrons. The number of benzene rings is 2. The van der Waals surface area contributed by atoms with E-state index in [4.69, 9.17) is 15.6 Å². The van der Waals surface area contributed by atoms with Gasteiger partial charge in [-0.15, -0.1) is 0 Å². The van der Waals surface area contributed by atoms with Gasteiger partial charge in [-0.1, -0.05) is 6.07 Å². The number of aromatic nitrogens is 3. The number of rotatable bonds is 4. The number of imidazole rings is 1. The Morgan fingerprint density at radius 1 is 1.03 bits per heavy atom. The van der Waals surface area contributed by atoms with E-state index >= 15 is 0 Å². The zero-order valence-corrected chi connectivity index (χ0v) is 18.1. The maximum absolute atomic E-state index is 6.00. The number of nitrogens with zero attached hydrogens (tertiary/aromatic N) is 6. The van der Waals surface area contributed by atoms with Crippen molar-refractivity contribution in [1.29, 1.82) is 0 Å². The van der Waals surface area contributed by atoms with E-state index in [0.29, 0.717) is 12.4 Å². The van der Waals surface area contributed by atoms with Crippen molar-refractivity contribution in [1.82, 2.24) is 14.4 Å². The van der Waals surface area contributed by atoms with Gasteiger partial charge in [-0.2, -0.15) is 0 Å².